The second-order valence-corrected chi connectivity index (χ2v) is 8.47. The predicted molar refractivity (Wildman–Crippen MR) is 103 cm³/mol. The first-order chi connectivity index (χ1) is 13.2. The van der Waals surface area contributed by atoms with Crippen molar-refractivity contribution in [1.82, 2.24) is 19.6 Å². The molecule has 6 heteroatoms. The Labute approximate surface area is 159 Å². The summed E-state index contributed by atoms with van der Waals surface area (Å²) in [6, 6.07) is 8.77. The summed E-state index contributed by atoms with van der Waals surface area (Å²) in [6.45, 7) is 3.23. The summed E-state index contributed by atoms with van der Waals surface area (Å²) in [4.78, 5) is 17.7. The van der Waals surface area contributed by atoms with Crippen LogP contribution in [0.5, 0.6) is 0 Å². The minimum Gasteiger partial charge on any atom is -0.395 e. The van der Waals surface area contributed by atoms with Crippen LogP contribution in [0.25, 0.3) is 10.9 Å². The average Bonchev–Trinajstić information content (AvgIpc) is 3.11. The summed E-state index contributed by atoms with van der Waals surface area (Å²) < 4.78 is 1.82. The summed E-state index contributed by atoms with van der Waals surface area (Å²) in [6.07, 6.45) is 6.70. The van der Waals surface area contributed by atoms with Crippen LogP contribution in [0.4, 0.5) is 0 Å². The summed E-state index contributed by atoms with van der Waals surface area (Å²) in [5.74, 6) is 1.09. The Kier molecular flexibility index (Phi) is 4.40. The van der Waals surface area contributed by atoms with E-state index in [1.807, 2.05) is 40.0 Å². The van der Waals surface area contributed by atoms with Gasteiger partial charge >= 0.3 is 0 Å². The number of aromatic nitrogens is 2. The molecule has 4 heterocycles. The number of aliphatic hydroxyl groups is 1. The number of carbonyl (C=O) groups is 1. The zero-order valence-electron chi connectivity index (χ0n) is 15.7. The van der Waals surface area contributed by atoms with Crippen molar-refractivity contribution in [3.05, 3.63) is 30.5 Å². The first-order valence-corrected chi connectivity index (χ1v) is 10.3. The molecule has 1 amide bonds. The molecule has 0 saturated carbocycles. The molecule has 27 heavy (non-hydrogen) atoms. The number of aliphatic hydroxyl groups excluding tert-OH is 1. The van der Waals surface area contributed by atoms with Crippen LogP contribution in [0, 0.1) is 11.8 Å². The molecule has 1 aromatic heterocycles. The fourth-order valence-corrected chi connectivity index (χ4v) is 5.74. The average molecular weight is 368 g/mol. The first kappa shape index (κ1) is 17.2. The van der Waals surface area contributed by atoms with E-state index in [0.717, 1.165) is 37.0 Å². The topological polar surface area (TPSA) is 61.6 Å². The van der Waals surface area contributed by atoms with Gasteiger partial charge in [-0.15, -0.1) is 0 Å². The maximum Gasteiger partial charge on any atom is 0.244 e. The van der Waals surface area contributed by atoms with Gasteiger partial charge in [-0.05, 0) is 43.7 Å². The largest absolute Gasteiger partial charge is 0.395 e. The number of fused-ring (bicyclic) bond motifs is 5. The van der Waals surface area contributed by atoms with Crippen LogP contribution in [0.2, 0.25) is 0 Å². The van der Waals surface area contributed by atoms with E-state index < -0.39 is 0 Å². The summed E-state index contributed by atoms with van der Waals surface area (Å²) >= 11 is 0. The third-order valence-electron chi connectivity index (χ3n) is 7.00. The molecule has 2 bridgehead atoms. The summed E-state index contributed by atoms with van der Waals surface area (Å²) in [5.41, 5.74) is 1.01. The molecule has 3 saturated heterocycles. The smallest absolute Gasteiger partial charge is 0.244 e. The fraction of sp³-hybridized carbons (Fsp3) is 0.619. The molecule has 0 aliphatic carbocycles. The van der Waals surface area contributed by atoms with Crippen LogP contribution in [-0.2, 0) is 11.3 Å². The molecule has 3 aliphatic rings. The van der Waals surface area contributed by atoms with Crippen molar-refractivity contribution in [2.75, 3.05) is 26.2 Å². The maximum atomic E-state index is 13.1. The van der Waals surface area contributed by atoms with E-state index in [9.17, 15) is 9.90 Å². The maximum absolute atomic E-state index is 13.1. The van der Waals surface area contributed by atoms with Crippen molar-refractivity contribution < 1.29 is 9.90 Å². The third-order valence-corrected chi connectivity index (χ3v) is 7.00. The number of para-hydroxylation sites is 1. The van der Waals surface area contributed by atoms with E-state index in [-0.39, 0.29) is 18.6 Å². The number of benzene rings is 1. The lowest BCUT2D eigenvalue weighted by molar-refractivity contribution is -0.143. The van der Waals surface area contributed by atoms with Crippen LogP contribution in [0.1, 0.15) is 25.7 Å². The lowest BCUT2D eigenvalue weighted by atomic mass is 9.72. The quantitative estimate of drug-likeness (QED) is 0.896. The van der Waals surface area contributed by atoms with Crippen molar-refractivity contribution in [2.24, 2.45) is 11.8 Å². The molecular weight excluding hydrogens is 340 g/mol. The fourth-order valence-electron chi connectivity index (χ4n) is 5.74. The molecule has 0 radical (unpaired) electrons. The lowest BCUT2D eigenvalue weighted by Crippen LogP contribution is -2.65. The molecule has 6 nitrogen and oxygen atoms in total. The Balaban J connectivity index is 1.34. The van der Waals surface area contributed by atoms with E-state index in [4.69, 9.17) is 0 Å². The minimum absolute atomic E-state index is 0.152. The van der Waals surface area contributed by atoms with E-state index in [2.05, 4.69) is 10.00 Å². The van der Waals surface area contributed by atoms with Crippen LogP contribution in [0.15, 0.2) is 30.5 Å². The van der Waals surface area contributed by atoms with Crippen molar-refractivity contribution in [2.45, 2.75) is 44.3 Å². The van der Waals surface area contributed by atoms with Gasteiger partial charge in [0.2, 0.25) is 5.91 Å². The summed E-state index contributed by atoms with van der Waals surface area (Å²) in [5, 5.41) is 15.5. The number of hydrogen-bond acceptors (Lipinski definition) is 4. The Morgan fingerprint density at radius 2 is 2.04 bits per heavy atom. The second kappa shape index (κ2) is 6.91. The number of hydrogen-bond donors (Lipinski definition) is 1. The molecule has 4 atom stereocenters. The lowest BCUT2D eigenvalue weighted by Gasteiger charge is -2.56. The van der Waals surface area contributed by atoms with Crippen LogP contribution in [0.3, 0.4) is 0 Å². The highest BCUT2D eigenvalue weighted by Crippen LogP contribution is 2.41. The minimum atomic E-state index is 0.152. The van der Waals surface area contributed by atoms with Gasteiger partial charge in [0.05, 0.1) is 18.3 Å². The van der Waals surface area contributed by atoms with Gasteiger partial charge in [-0.1, -0.05) is 24.6 Å². The van der Waals surface area contributed by atoms with Gasteiger partial charge in [0.25, 0.3) is 0 Å². The number of likely N-dealkylation sites (tertiary alicyclic amines) is 1. The number of piperidine rings is 3. The number of amides is 1. The first-order valence-electron chi connectivity index (χ1n) is 10.3. The molecule has 2 aromatic rings. The van der Waals surface area contributed by atoms with E-state index in [1.54, 1.807) is 0 Å². The normalized spacial score (nSPS) is 31.1. The highest BCUT2D eigenvalue weighted by atomic mass is 16.3. The van der Waals surface area contributed by atoms with Crippen molar-refractivity contribution in [3.8, 4) is 0 Å². The highest BCUT2D eigenvalue weighted by molar-refractivity contribution is 5.82. The Hall–Kier alpha value is -1.92. The van der Waals surface area contributed by atoms with Gasteiger partial charge in [0, 0.05) is 30.6 Å². The van der Waals surface area contributed by atoms with Gasteiger partial charge in [-0.2, -0.15) is 5.10 Å². The zero-order valence-corrected chi connectivity index (χ0v) is 15.7. The van der Waals surface area contributed by atoms with E-state index in [1.165, 1.54) is 19.3 Å². The van der Waals surface area contributed by atoms with Gasteiger partial charge < -0.3 is 10.0 Å². The standard InChI is InChI=1S/C21H28N4O2/c26-14-20-17-9-16(18-6-3-4-8-24(18)20)11-23(12-17)21(27)13-25-19-7-2-1-5-15(19)10-22-25/h1-2,5,7,10,16-18,20,26H,3-4,6,8-9,11-14H2/t16-,17+,18+,20+/m1/s1. The number of rotatable bonds is 3. The highest BCUT2D eigenvalue weighted by Gasteiger charge is 2.47. The molecule has 1 aromatic carbocycles. The van der Waals surface area contributed by atoms with Gasteiger partial charge in [-0.25, -0.2) is 0 Å². The van der Waals surface area contributed by atoms with Crippen molar-refractivity contribution >= 4 is 16.8 Å². The van der Waals surface area contributed by atoms with Crippen molar-refractivity contribution in [3.63, 3.8) is 0 Å². The molecule has 5 rings (SSSR count). The van der Waals surface area contributed by atoms with Gasteiger partial charge in [-0.3, -0.25) is 14.4 Å². The molecule has 3 fully saturated rings. The van der Waals surface area contributed by atoms with Gasteiger partial charge in [0.15, 0.2) is 0 Å². The molecule has 3 aliphatic heterocycles. The monoisotopic (exact) mass is 368 g/mol. The summed E-state index contributed by atoms with van der Waals surface area (Å²) in [7, 11) is 0. The third kappa shape index (κ3) is 2.95. The SMILES string of the molecule is O=C(Cn1ncc2ccccc21)N1C[C@H]2C[C@@H](C1)[C@H](CO)N1CCCC[C@@H]21. The molecular formula is C21H28N4O2. The Morgan fingerprint density at radius 1 is 1.19 bits per heavy atom. The van der Waals surface area contributed by atoms with E-state index in [0.29, 0.717) is 24.4 Å². The molecule has 1 N–H and O–H groups in total. The number of carbonyl (C=O) groups excluding carboxylic acids is 1. The molecule has 0 spiro atoms. The van der Waals surface area contributed by atoms with Gasteiger partial charge in [0.1, 0.15) is 6.54 Å². The van der Waals surface area contributed by atoms with Crippen molar-refractivity contribution in [1.29, 1.82) is 0 Å². The zero-order chi connectivity index (χ0) is 18.4. The molecule has 144 valence electrons. The Bertz CT molecular complexity index is 820. The second-order valence-electron chi connectivity index (χ2n) is 8.47. The number of nitrogens with zero attached hydrogens (tertiary/aromatic N) is 4. The van der Waals surface area contributed by atoms with E-state index >= 15 is 0 Å². The van der Waals surface area contributed by atoms with Crippen LogP contribution in [-0.4, -0.2) is 68.9 Å². The predicted octanol–water partition coefficient (Wildman–Crippen LogP) is 1.73. The molecule has 0 unspecified atom stereocenters. The van der Waals surface area contributed by atoms with Crippen LogP contribution >= 0.6 is 0 Å². The van der Waals surface area contributed by atoms with Crippen LogP contribution < -0.4 is 0 Å². The Morgan fingerprint density at radius 3 is 2.93 bits per heavy atom.